The Bertz CT molecular complexity index is 2520. The highest BCUT2D eigenvalue weighted by Crippen LogP contribution is 2.54. The molecule has 2 aliphatic heterocycles. The van der Waals surface area contributed by atoms with Crippen LogP contribution in [0.25, 0.3) is 0 Å². The number of para-hydroxylation sites is 1. The highest BCUT2D eigenvalue weighted by Gasteiger charge is 2.48. The Morgan fingerprint density at radius 2 is 0.704 bits per heavy atom. The summed E-state index contributed by atoms with van der Waals surface area (Å²) in [7, 11) is -2.49. The topological polar surface area (TPSA) is 84.0 Å². The number of rotatable bonds is 8. The molecule has 0 bridgehead atoms. The molecule has 0 aliphatic carbocycles. The molecule has 0 saturated heterocycles. The van der Waals surface area contributed by atoms with Crippen LogP contribution in [0.3, 0.4) is 0 Å². The van der Waals surface area contributed by atoms with Crippen molar-refractivity contribution in [2.24, 2.45) is 0 Å². The van der Waals surface area contributed by atoms with Crippen molar-refractivity contribution in [1.29, 1.82) is 0 Å². The Kier molecular flexibility index (Phi) is 8.07. The number of benzene rings is 7. The van der Waals surface area contributed by atoms with Crippen LogP contribution < -0.4 is 35.8 Å². The third-order valence-corrected chi connectivity index (χ3v) is 14.1. The van der Waals surface area contributed by atoms with Crippen molar-refractivity contribution in [3.63, 3.8) is 0 Å². The van der Waals surface area contributed by atoms with E-state index in [-0.39, 0.29) is 22.3 Å². The highest BCUT2D eigenvalue weighted by atomic mass is 31.2. The van der Waals surface area contributed by atoms with Gasteiger partial charge < -0.3 is 4.74 Å². The van der Waals surface area contributed by atoms with E-state index < -0.39 is 30.9 Å². The quantitative estimate of drug-likeness (QED) is 0.119. The molecule has 0 N–H and O–H groups in total. The van der Waals surface area contributed by atoms with Crippen molar-refractivity contribution in [3.8, 4) is 11.5 Å². The summed E-state index contributed by atoms with van der Waals surface area (Å²) in [6.45, 7) is 0. The molecule has 7 aromatic rings. The average molecular weight is 722 g/mol. The number of nitrogens with zero attached hydrogens (tertiary/aromatic N) is 2. The molecule has 0 aromatic heterocycles. The third-order valence-electron chi connectivity index (χ3n) is 9.87. The van der Waals surface area contributed by atoms with Crippen LogP contribution in [0.5, 0.6) is 11.5 Å². The smallest absolute Gasteiger partial charge is 0.266 e. The van der Waals surface area contributed by atoms with Crippen molar-refractivity contribution in [3.05, 3.63) is 204 Å². The van der Waals surface area contributed by atoms with Crippen LogP contribution in [0.4, 0.5) is 11.4 Å². The summed E-state index contributed by atoms with van der Waals surface area (Å²) in [5, 5.41) is 4.44. The predicted molar refractivity (Wildman–Crippen MR) is 213 cm³/mol. The second kappa shape index (κ2) is 13.2. The number of carbonyl (C=O) groups excluding carboxylic acids is 4. The summed E-state index contributed by atoms with van der Waals surface area (Å²) in [5.74, 6) is -1.12. The van der Waals surface area contributed by atoms with Gasteiger partial charge in [0.15, 0.2) is 0 Å². The van der Waals surface area contributed by atoms with Crippen molar-refractivity contribution in [2.75, 3.05) is 9.80 Å². The van der Waals surface area contributed by atoms with Gasteiger partial charge in [0.05, 0.1) is 33.6 Å². The maximum absolute atomic E-state index is 14.2. The van der Waals surface area contributed by atoms with Crippen LogP contribution in [-0.2, 0) is 0 Å². The number of carbonyl (C=O) groups is 4. The van der Waals surface area contributed by atoms with Crippen LogP contribution in [0.1, 0.15) is 41.4 Å². The van der Waals surface area contributed by atoms with Gasteiger partial charge in [0.25, 0.3) is 23.6 Å². The lowest BCUT2D eigenvalue weighted by Crippen LogP contribution is -2.39. The Balaban J connectivity index is 1.06. The van der Waals surface area contributed by atoms with Gasteiger partial charge in [-0.05, 0) is 97.1 Å². The molecule has 9 rings (SSSR count). The Labute approximate surface area is 312 Å². The van der Waals surface area contributed by atoms with Crippen LogP contribution in [0.2, 0.25) is 0 Å². The molecule has 54 heavy (non-hydrogen) atoms. The summed E-state index contributed by atoms with van der Waals surface area (Å²) < 4.78 is 6.13. The van der Waals surface area contributed by atoms with E-state index in [4.69, 9.17) is 4.74 Å². The summed E-state index contributed by atoms with van der Waals surface area (Å²) >= 11 is 0. The highest BCUT2D eigenvalue weighted by molar-refractivity contribution is 8.01. The van der Waals surface area contributed by atoms with Crippen LogP contribution in [0.15, 0.2) is 182 Å². The summed E-state index contributed by atoms with van der Waals surface area (Å²) in [6.07, 6.45) is 0. The zero-order valence-corrected chi connectivity index (χ0v) is 29.6. The van der Waals surface area contributed by atoms with Gasteiger partial charge in [-0.15, -0.1) is 0 Å². The molecule has 0 atom stereocenters. The molecule has 2 aliphatic rings. The number of imide groups is 2. The molecule has 8 heteroatoms. The zero-order chi connectivity index (χ0) is 36.8. The molecular weight excluding hydrogens is 691 g/mol. The van der Waals surface area contributed by atoms with Crippen molar-refractivity contribution < 1.29 is 23.9 Å². The first-order chi connectivity index (χ1) is 26.4. The first kappa shape index (κ1) is 32.9. The Hall–Kier alpha value is -6.95. The monoisotopic (exact) mass is 721 g/mol. The van der Waals surface area contributed by atoms with E-state index >= 15 is 0 Å². The van der Waals surface area contributed by atoms with Crippen molar-refractivity contribution in [1.82, 2.24) is 0 Å². The number of hydrogen-bond donors (Lipinski definition) is 0. The molecule has 0 fully saturated rings. The number of anilines is 2. The van der Waals surface area contributed by atoms with E-state index in [1.165, 1.54) is 11.0 Å². The van der Waals surface area contributed by atoms with Gasteiger partial charge in [0, 0.05) is 6.07 Å². The fourth-order valence-electron chi connectivity index (χ4n) is 7.44. The predicted octanol–water partition coefficient (Wildman–Crippen LogP) is 7.70. The zero-order valence-electron chi connectivity index (χ0n) is 28.7. The van der Waals surface area contributed by atoms with Gasteiger partial charge in [-0.1, -0.05) is 78.9 Å². The van der Waals surface area contributed by atoms with Gasteiger partial charge in [-0.25, -0.2) is 9.80 Å². The molecular formula is C46H30N2O5P+. The van der Waals surface area contributed by atoms with E-state index in [2.05, 4.69) is 42.5 Å². The molecule has 0 saturated carbocycles. The fourth-order valence-corrected chi connectivity index (χ4v) is 11.7. The maximum atomic E-state index is 14.2. The van der Waals surface area contributed by atoms with E-state index in [0.29, 0.717) is 22.9 Å². The minimum Gasteiger partial charge on any atom is -0.457 e. The van der Waals surface area contributed by atoms with Crippen LogP contribution in [-0.4, -0.2) is 23.6 Å². The minimum atomic E-state index is -2.49. The first-order valence-electron chi connectivity index (χ1n) is 17.4. The number of fused-ring (bicyclic) bond motifs is 2. The summed E-state index contributed by atoms with van der Waals surface area (Å²) in [5.41, 5.74) is 1.93. The van der Waals surface area contributed by atoms with E-state index in [1.54, 1.807) is 60.7 Å². The largest absolute Gasteiger partial charge is 0.457 e. The van der Waals surface area contributed by atoms with Gasteiger partial charge in [0.2, 0.25) is 0 Å². The third kappa shape index (κ3) is 5.25. The van der Waals surface area contributed by atoms with Crippen molar-refractivity contribution in [2.45, 2.75) is 0 Å². The molecule has 0 radical (unpaired) electrons. The lowest BCUT2D eigenvalue weighted by Gasteiger charge is -2.28. The van der Waals surface area contributed by atoms with E-state index in [0.717, 1.165) is 26.1 Å². The molecule has 4 amide bonds. The van der Waals surface area contributed by atoms with Gasteiger partial charge in [-0.3, -0.25) is 19.2 Å². The Morgan fingerprint density at radius 1 is 0.333 bits per heavy atom. The lowest BCUT2D eigenvalue weighted by atomic mass is 10.1. The van der Waals surface area contributed by atoms with Gasteiger partial charge in [-0.2, -0.15) is 0 Å². The minimum absolute atomic E-state index is 0.209. The van der Waals surface area contributed by atoms with Gasteiger partial charge in [0.1, 0.15) is 40.0 Å². The fraction of sp³-hybridized carbons (Fsp3) is 0. The van der Waals surface area contributed by atoms with Crippen LogP contribution in [0, 0.1) is 0 Å². The maximum Gasteiger partial charge on any atom is 0.266 e. The second-order valence-corrected chi connectivity index (χ2v) is 16.3. The molecule has 7 nitrogen and oxygen atoms in total. The van der Waals surface area contributed by atoms with Crippen molar-refractivity contribution >= 4 is 63.5 Å². The second-order valence-electron chi connectivity index (χ2n) is 12.9. The van der Waals surface area contributed by atoms with E-state index in [1.807, 2.05) is 72.8 Å². The number of amides is 4. The molecule has 2 heterocycles. The standard InChI is InChI=1S/C46H30N2O5P/c49-43-39-26-24-33(29-41(39)45(51)47(43)31-14-5-1-6-15-31)53-34-25-27-40-42(30-34)46(52)48(44(40)50)32-16-13-23-38(28-32)54(35-17-7-2-8-18-35,36-19-9-3-10-20-36)37-21-11-4-12-22-37/h1-30H/q+1. The lowest BCUT2D eigenvalue weighted by molar-refractivity contribution is 0.0910. The van der Waals surface area contributed by atoms with Gasteiger partial charge >= 0.3 is 0 Å². The average Bonchev–Trinajstić information content (AvgIpc) is 3.62. The normalized spacial score (nSPS) is 13.6. The molecule has 0 unspecified atom stereocenters. The summed E-state index contributed by atoms with van der Waals surface area (Å²) in [4.78, 5) is 56.9. The first-order valence-corrected chi connectivity index (χ1v) is 19.2. The summed E-state index contributed by atoms with van der Waals surface area (Å²) in [6, 6.07) is 57.2. The number of ether oxygens (including phenoxy) is 1. The molecule has 7 aromatic carbocycles. The van der Waals surface area contributed by atoms with E-state index in [9.17, 15) is 19.2 Å². The number of hydrogen-bond acceptors (Lipinski definition) is 5. The molecule has 258 valence electrons. The molecule has 0 spiro atoms. The van der Waals surface area contributed by atoms with Crippen LogP contribution >= 0.6 is 7.26 Å². The Morgan fingerprint density at radius 3 is 1.17 bits per heavy atom. The SMILES string of the molecule is O=C1c2ccc(Oc3ccc4c(c3)C(=O)N(c3cccc([P+](c5ccccc5)(c5ccccc5)c5ccccc5)c3)C4=O)cc2C(=O)N1c1ccccc1.